The number of rotatable bonds is 0. The van der Waals surface area contributed by atoms with Gasteiger partial charge >= 0.3 is 0 Å². The molecular formula is C22H28N4S2. The van der Waals surface area contributed by atoms with E-state index in [0.717, 1.165) is 71.6 Å². The molecule has 0 fully saturated rings. The Bertz CT molecular complexity index is 870. The third kappa shape index (κ3) is 4.98. The van der Waals surface area contributed by atoms with Gasteiger partial charge in [-0.1, -0.05) is 24.3 Å². The van der Waals surface area contributed by atoms with Gasteiger partial charge in [-0.2, -0.15) is 23.5 Å². The second-order valence-corrected chi connectivity index (χ2v) is 9.74. The van der Waals surface area contributed by atoms with Crippen LogP contribution in [0.25, 0.3) is 21.8 Å². The molecule has 0 aliphatic carbocycles. The predicted octanol–water partition coefficient (Wildman–Crippen LogP) is 4.13. The molecule has 0 atom stereocenters. The molecule has 0 saturated heterocycles. The third-order valence-electron chi connectivity index (χ3n) is 5.23. The Morgan fingerprint density at radius 2 is 1.07 bits per heavy atom. The van der Waals surface area contributed by atoms with Crippen LogP contribution in [-0.4, -0.2) is 71.5 Å². The van der Waals surface area contributed by atoms with Crippen LogP contribution in [0.15, 0.2) is 36.4 Å². The summed E-state index contributed by atoms with van der Waals surface area (Å²) >= 11 is 3.93. The smallest absolute Gasteiger partial charge is 0.0968 e. The highest BCUT2D eigenvalue weighted by atomic mass is 32.2. The first-order chi connectivity index (χ1) is 13.7. The lowest BCUT2D eigenvalue weighted by molar-refractivity contribution is 0.274. The summed E-state index contributed by atoms with van der Waals surface area (Å²) in [4.78, 5) is 14.8. The van der Waals surface area contributed by atoms with Crippen LogP contribution < -0.4 is 0 Å². The van der Waals surface area contributed by atoms with Gasteiger partial charge < -0.3 is 9.80 Å². The van der Waals surface area contributed by atoms with Crippen LogP contribution in [0.2, 0.25) is 0 Å². The Morgan fingerprint density at radius 1 is 0.643 bits per heavy atom. The van der Waals surface area contributed by atoms with E-state index in [2.05, 4.69) is 60.3 Å². The predicted molar refractivity (Wildman–Crippen MR) is 124 cm³/mol. The van der Waals surface area contributed by atoms with Crippen molar-refractivity contribution < 1.29 is 0 Å². The summed E-state index contributed by atoms with van der Waals surface area (Å²) in [5.41, 5.74) is 4.38. The average Bonchev–Trinajstić information content (AvgIpc) is 2.72. The zero-order valence-electron chi connectivity index (χ0n) is 16.7. The molecule has 4 bridgehead atoms. The number of pyridine rings is 2. The molecule has 1 aliphatic rings. The number of fused-ring (bicyclic) bond motifs is 2. The molecule has 1 aromatic carbocycles. The molecule has 0 spiro atoms. The molecule has 3 heterocycles. The van der Waals surface area contributed by atoms with Crippen LogP contribution in [-0.2, 0) is 11.5 Å². The molecule has 2 aromatic heterocycles. The second kappa shape index (κ2) is 9.44. The molecule has 0 amide bonds. The van der Waals surface area contributed by atoms with Crippen molar-refractivity contribution in [3.05, 3.63) is 47.8 Å². The van der Waals surface area contributed by atoms with Gasteiger partial charge in [0.05, 0.1) is 22.4 Å². The van der Waals surface area contributed by atoms with Crippen LogP contribution in [0.5, 0.6) is 0 Å². The van der Waals surface area contributed by atoms with Crippen molar-refractivity contribution in [1.82, 2.24) is 19.8 Å². The van der Waals surface area contributed by atoms with Crippen LogP contribution >= 0.6 is 23.5 Å². The number of benzene rings is 1. The van der Waals surface area contributed by atoms with Crippen LogP contribution in [0.3, 0.4) is 0 Å². The van der Waals surface area contributed by atoms with Crippen LogP contribution in [0.4, 0.5) is 0 Å². The maximum absolute atomic E-state index is 4.99. The number of hydrogen-bond donors (Lipinski definition) is 0. The molecule has 3 aromatic rings. The Balaban J connectivity index is 1.64. The Labute approximate surface area is 176 Å². The lowest BCUT2D eigenvalue weighted by Crippen LogP contribution is -2.33. The van der Waals surface area contributed by atoms with E-state index in [-0.39, 0.29) is 0 Å². The van der Waals surface area contributed by atoms with Gasteiger partial charge in [0.2, 0.25) is 0 Å². The van der Waals surface area contributed by atoms with Crippen molar-refractivity contribution in [3.8, 4) is 0 Å². The summed E-state index contributed by atoms with van der Waals surface area (Å²) in [5.74, 6) is 4.17. The highest BCUT2D eigenvalue weighted by Crippen LogP contribution is 2.25. The summed E-state index contributed by atoms with van der Waals surface area (Å²) in [6.45, 7) is 4.48. The Kier molecular flexibility index (Phi) is 6.73. The van der Waals surface area contributed by atoms with Crippen LogP contribution in [0.1, 0.15) is 11.4 Å². The molecular weight excluding hydrogens is 384 g/mol. The van der Waals surface area contributed by atoms with E-state index < -0.39 is 0 Å². The highest BCUT2D eigenvalue weighted by molar-refractivity contribution is 7.98. The minimum atomic E-state index is 0.954. The van der Waals surface area contributed by atoms with Gasteiger partial charge in [0, 0.05) is 60.0 Å². The zero-order valence-corrected chi connectivity index (χ0v) is 18.4. The lowest BCUT2D eigenvalue weighted by Gasteiger charge is -2.21. The summed E-state index contributed by atoms with van der Waals surface area (Å²) < 4.78 is 0. The first kappa shape index (κ1) is 20.0. The van der Waals surface area contributed by atoms with E-state index in [4.69, 9.17) is 9.97 Å². The van der Waals surface area contributed by atoms with Crippen molar-refractivity contribution in [1.29, 1.82) is 0 Å². The molecule has 4 nitrogen and oxygen atoms in total. The summed E-state index contributed by atoms with van der Waals surface area (Å²) in [6.07, 6.45) is 0. The van der Waals surface area contributed by atoms with E-state index in [1.54, 1.807) is 0 Å². The molecule has 0 saturated carbocycles. The topological polar surface area (TPSA) is 32.3 Å². The molecule has 0 N–H and O–H groups in total. The van der Waals surface area contributed by atoms with E-state index in [1.807, 2.05) is 23.5 Å². The number of likely N-dealkylation sites (N-methyl/N-ethyl adjacent to an activating group) is 2. The monoisotopic (exact) mass is 412 g/mol. The van der Waals surface area contributed by atoms with E-state index in [0.29, 0.717) is 0 Å². The Hall–Kier alpha value is -1.34. The largest absolute Gasteiger partial charge is 0.304 e. The van der Waals surface area contributed by atoms with Gasteiger partial charge in [-0.15, -0.1) is 0 Å². The summed E-state index contributed by atoms with van der Waals surface area (Å²) in [6, 6.07) is 13.0. The molecule has 28 heavy (non-hydrogen) atoms. The zero-order chi connectivity index (χ0) is 19.3. The van der Waals surface area contributed by atoms with Crippen molar-refractivity contribution in [2.75, 3.05) is 51.8 Å². The maximum atomic E-state index is 4.99. The molecule has 4 rings (SSSR count). The van der Waals surface area contributed by atoms with Gasteiger partial charge in [-0.3, -0.25) is 0 Å². The van der Waals surface area contributed by atoms with Gasteiger partial charge in [0.15, 0.2) is 0 Å². The fourth-order valence-electron chi connectivity index (χ4n) is 3.37. The minimum absolute atomic E-state index is 0.954. The fourth-order valence-corrected chi connectivity index (χ4v) is 5.28. The van der Waals surface area contributed by atoms with E-state index in [9.17, 15) is 0 Å². The average molecular weight is 413 g/mol. The van der Waals surface area contributed by atoms with Crippen molar-refractivity contribution in [2.24, 2.45) is 0 Å². The van der Waals surface area contributed by atoms with Crippen LogP contribution in [0, 0.1) is 0 Å². The van der Waals surface area contributed by atoms with Gasteiger partial charge in [-0.05, 0) is 26.2 Å². The minimum Gasteiger partial charge on any atom is -0.304 e. The quantitative estimate of drug-likeness (QED) is 0.516. The van der Waals surface area contributed by atoms with Crippen molar-refractivity contribution in [3.63, 3.8) is 0 Å². The SMILES string of the molecule is CN1CCSCc2ccc3ccc4ccc(nc4c3n2)CSCCN(C)CC1. The second-order valence-electron chi connectivity index (χ2n) is 7.53. The van der Waals surface area contributed by atoms with Gasteiger partial charge in [-0.25, -0.2) is 9.97 Å². The normalized spacial score (nSPS) is 18.8. The summed E-state index contributed by atoms with van der Waals surface area (Å²) in [5, 5.41) is 2.35. The van der Waals surface area contributed by atoms with Gasteiger partial charge in [0.25, 0.3) is 0 Å². The van der Waals surface area contributed by atoms with Gasteiger partial charge in [0.1, 0.15) is 0 Å². The number of aromatic nitrogens is 2. The molecule has 0 unspecified atom stereocenters. The highest BCUT2D eigenvalue weighted by Gasteiger charge is 2.08. The Morgan fingerprint density at radius 3 is 1.54 bits per heavy atom. The first-order valence-corrected chi connectivity index (χ1v) is 12.2. The summed E-state index contributed by atoms with van der Waals surface area (Å²) in [7, 11) is 4.45. The van der Waals surface area contributed by atoms with Crippen molar-refractivity contribution >= 4 is 45.3 Å². The standard InChI is InChI=1S/C22H28N4S2/c1-25-9-10-26(2)12-14-28-16-20-8-6-18-4-3-17-5-7-19(15-27-13-11-25)23-21(17)22(18)24-20/h3-8H,9-16H2,1-2H3. The fraction of sp³-hybridized carbons (Fsp3) is 0.455. The van der Waals surface area contributed by atoms with Crippen molar-refractivity contribution in [2.45, 2.75) is 11.5 Å². The molecule has 1 aliphatic heterocycles. The molecule has 6 heteroatoms. The maximum Gasteiger partial charge on any atom is 0.0968 e. The van der Waals surface area contributed by atoms with E-state index >= 15 is 0 Å². The third-order valence-corrected chi connectivity index (χ3v) is 7.18. The van der Waals surface area contributed by atoms with E-state index in [1.165, 1.54) is 10.8 Å². The lowest BCUT2D eigenvalue weighted by atomic mass is 10.1. The molecule has 0 radical (unpaired) electrons. The number of nitrogens with zero attached hydrogens (tertiary/aromatic N) is 4. The number of thioether (sulfide) groups is 2. The first-order valence-electron chi connectivity index (χ1n) is 9.90. The molecule has 148 valence electrons. The number of hydrogen-bond acceptors (Lipinski definition) is 6.